The summed E-state index contributed by atoms with van der Waals surface area (Å²) in [6, 6.07) is 1.41. The van der Waals surface area contributed by atoms with Crippen LogP contribution in [-0.4, -0.2) is 17.4 Å². The normalized spacial score (nSPS) is 10.3. The maximum Gasteiger partial charge on any atom is 0.165 e. The molecule has 1 rings (SSSR count). The van der Waals surface area contributed by atoms with E-state index in [1.807, 2.05) is 5.48 Å². The highest BCUT2D eigenvalue weighted by molar-refractivity contribution is 6.31. The average molecular weight is 218 g/mol. The van der Waals surface area contributed by atoms with Crippen molar-refractivity contribution in [2.24, 2.45) is 0 Å². The summed E-state index contributed by atoms with van der Waals surface area (Å²) >= 11 is 5.86. The lowest BCUT2D eigenvalue weighted by Crippen LogP contribution is -2.09. The van der Waals surface area contributed by atoms with Crippen LogP contribution in [0, 0.1) is 6.92 Å². The predicted octanol–water partition coefficient (Wildman–Crippen LogP) is 1.84. The number of benzene rings is 1. The van der Waals surface area contributed by atoms with E-state index in [9.17, 15) is 5.11 Å². The zero-order chi connectivity index (χ0) is 10.7. The van der Waals surface area contributed by atoms with Gasteiger partial charge in [-0.2, -0.15) is 0 Å². The molecule has 0 aliphatic carbocycles. The molecule has 0 bridgehead atoms. The van der Waals surface area contributed by atoms with Gasteiger partial charge >= 0.3 is 0 Å². The van der Waals surface area contributed by atoms with Crippen LogP contribution < -0.4 is 10.2 Å². The van der Waals surface area contributed by atoms with Crippen molar-refractivity contribution in [3.05, 3.63) is 22.2 Å². The van der Waals surface area contributed by atoms with Gasteiger partial charge in [0.15, 0.2) is 11.5 Å². The summed E-state index contributed by atoms with van der Waals surface area (Å²) in [5.41, 5.74) is 3.41. The Morgan fingerprint density at radius 2 is 2.21 bits per heavy atom. The van der Waals surface area contributed by atoms with Gasteiger partial charge in [0.25, 0.3) is 0 Å². The standard InChI is InChI=1S/C9H12ClNO3/c1-5-6(4-11-13)9(14-2)8(12)3-7(5)10/h3,11-13H,4H2,1-2H3. The highest BCUT2D eigenvalue weighted by atomic mass is 35.5. The van der Waals surface area contributed by atoms with Gasteiger partial charge in [0.05, 0.1) is 7.11 Å². The van der Waals surface area contributed by atoms with Crippen molar-refractivity contribution >= 4 is 11.6 Å². The summed E-state index contributed by atoms with van der Waals surface area (Å²) in [4.78, 5) is 0. The third-order valence-electron chi connectivity index (χ3n) is 2.04. The van der Waals surface area contributed by atoms with Gasteiger partial charge in [0.1, 0.15) is 0 Å². The molecule has 1 aromatic carbocycles. The minimum Gasteiger partial charge on any atom is -0.504 e. The van der Waals surface area contributed by atoms with Crippen LogP contribution in [0.1, 0.15) is 11.1 Å². The summed E-state index contributed by atoms with van der Waals surface area (Å²) in [5.74, 6) is 0.293. The first-order chi connectivity index (χ1) is 6.61. The fraction of sp³-hybridized carbons (Fsp3) is 0.333. The van der Waals surface area contributed by atoms with E-state index in [1.54, 1.807) is 6.92 Å². The summed E-state index contributed by atoms with van der Waals surface area (Å²) in [6.07, 6.45) is 0. The maximum atomic E-state index is 9.50. The van der Waals surface area contributed by atoms with E-state index in [2.05, 4.69) is 0 Å². The molecular weight excluding hydrogens is 206 g/mol. The molecule has 0 aromatic heterocycles. The van der Waals surface area contributed by atoms with Crippen molar-refractivity contribution in [3.63, 3.8) is 0 Å². The van der Waals surface area contributed by atoms with Gasteiger partial charge in [-0.05, 0) is 12.5 Å². The van der Waals surface area contributed by atoms with Crippen molar-refractivity contribution in [1.29, 1.82) is 0 Å². The molecule has 0 radical (unpaired) electrons. The van der Waals surface area contributed by atoms with Crippen LogP contribution >= 0.6 is 11.6 Å². The molecule has 0 spiro atoms. The van der Waals surface area contributed by atoms with E-state index in [1.165, 1.54) is 13.2 Å². The van der Waals surface area contributed by atoms with Crippen molar-refractivity contribution in [1.82, 2.24) is 5.48 Å². The number of hydrogen-bond acceptors (Lipinski definition) is 4. The first-order valence-electron chi connectivity index (χ1n) is 4.03. The molecule has 5 heteroatoms. The predicted molar refractivity (Wildman–Crippen MR) is 53.0 cm³/mol. The van der Waals surface area contributed by atoms with Gasteiger partial charge < -0.3 is 15.1 Å². The Hall–Kier alpha value is -0.970. The topological polar surface area (TPSA) is 61.7 Å². The molecule has 3 N–H and O–H groups in total. The van der Waals surface area contributed by atoms with Crippen LogP contribution in [0.25, 0.3) is 0 Å². The highest BCUT2D eigenvalue weighted by Crippen LogP contribution is 2.36. The van der Waals surface area contributed by atoms with E-state index in [-0.39, 0.29) is 12.3 Å². The Bertz CT molecular complexity index is 341. The molecule has 14 heavy (non-hydrogen) atoms. The molecular formula is C9H12ClNO3. The third-order valence-corrected chi connectivity index (χ3v) is 2.43. The van der Waals surface area contributed by atoms with Crippen molar-refractivity contribution < 1.29 is 15.1 Å². The van der Waals surface area contributed by atoms with E-state index in [0.717, 1.165) is 5.56 Å². The Morgan fingerprint density at radius 1 is 1.57 bits per heavy atom. The molecule has 0 amide bonds. The van der Waals surface area contributed by atoms with E-state index in [0.29, 0.717) is 16.3 Å². The minimum atomic E-state index is -0.0339. The monoisotopic (exact) mass is 217 g/mol. The molecule has 0 saturated carbocycles. The summed E-state index contributed by atoms with van der Waals surface area (Å²) in [7, 11) is 1.45. The molecule has 0 aliphatic rings. The van der Waals surface area contributed by atoms with Crippen molar-refractivity contribution in [2.45, 2.75) is 13.5 Å². The van der Waals surface area contributed by atoms with Gasteiger partial charge in [-0.15, -0.1) is 0 Å². The molecule has 0 atom stereocenters. The molecule has 0 heterocycles. The smallest absolute Gasteiger partial charge is 0.165 e. The van der Waals surface area contributed by atoms with Crippen molar-refractivity contribution in [2.75, 3.05) is 7.11 Å². The summed E-state index contributed by atoms with van der Waals surface area (Å²) in [5, 5.41) is 18.6. The number of halogens is 1. The van der Waals surface area contributed by atoms with E-state index in [4.69, 9.17) is 21.5 Å². The van der Waals surface area contributed by atoms with Crippen LogP contribution in [0.5, 0.6) is 11.5 Å². The fourth-order valence-electron chi connectivity index (χ4n) is 1.28. The lowest BCUT2D eigenvalue weighted by atomic mass is 10.1. The summed E-state index contributed by atoms with van der Waals surface area (Å²) in [6.45, 7) is 1.96. The lowest BCUT2D eigenvalue weighted by molar-refractivity contribution is 0.159. The second-order valence-corrected chi connectivity index (χ2v) is 3.26. The van der Waals surface area contributed by atoms with Gasteiger partial charge in [-0.1, -0.05) is 11.6 Å². The molecule has 78 valence electrons. The number of phenolic OH excluding ortho intramolecular Hbond substituents is 1. The number of hydrogen-bond donors (Lipinski definition) is 3. The second kappa shape index (κ2) is 4.50. The maximum absolute atomic E-state index is 9.50. The molecule has 1 aromatic rings. The number of methoxy groups -OCH3 is 1. The third kappa shape index (κ3) is 1.92. The highest BCUT2D eigenvalue weighted by Gasteiger charge is 2.14. The van der Waals surface area contributed by atoms with Crippen LogP contribution in [-0.2, 0) is 6.54 Å². The number of hydroxylamine groups is 1. The average Bonchev–Trinajstić information content (AvgIpc) is 2.14. The number of phenols is 1. The number of ether oxygens (including phenoxy) is 1. The molecule has 4 nitrogen and oxygen atoms in total. The molecule has 0 saturated heterocycles. The van der Waals surface area contributed by atoms with E-state index < -0.39 is 0 Å². The Labute approximate surface area is 87.0 Å². The minimum absolute atomic E-state index is 0.0339. The number of nitrogens with one attached hydrogen (secondary N) is 1. The zero-order valence-electron chi connectivity index (χ0n) is 7.97. The zero-order valence-corrected chi connectivity index (χ0v) is 8.72. The molecule has 0 unspecified atom stereocenters. The van der Waals surface area contributed by atoms with Gasteiger partial charge in [-0.3, -0.25) is 0 Å². The number of aromatic hydroxyl groups is 1. The van der Waals surface area contributed by atoms with Crippen LogP contribution in [0.4, 0.5) is 0 Å². The Balaban J connectivity index is 3.32. The van der Waals surface area contributed by atoms with Gasteiger partial charge in [0, 0.05) is 23.2 Å². The first kappa shape index (κ1) is 11.1. The number of rotatable bonds is 3. The van der Waals surface area contributed by atoms with Gasteiger partial charge in [-0.25, -0.2) is 5.48 Å². The quantitative estimate of drug-likeness (QED) is 0.677. The van der Waals surface area contributed by atoms with Crippen LogP contribution in [0.15, 0.2) is 6.07 Å². The Kier molecular flexibility index (Phi) is 3.57. The summed E-state index contributed by atoms with van der Waals surface area (Å²) < 4.78 is 5.00. The first-order valence-corrected chi connectivity index (χ1v) is 4.41. The van der Waals surface area contributed by atoms with Crippen LogP contribution in [0.3, 0.4) is 0 Å². The second-order valence-electron chi connectivity index (χ2n) is 2.85. The lowest BCUT2D eigenvalue weighted by Gasteiger charge is -2.13. The fourth-order valence-corrected chi connectivity index (χ4v) is 1.50. The van der Waals surface area contributed by atoms with Crippen LogP contribution in [0.2, 0.25) is 5.02 Å². The molecule has 0 aliphatic heterocycles. The Morgan fingerprint density at radius 3 is 2.71 bits per heavy atom. The SMILES string of the molecule is COc1c(O)cc(Cl)c(C)c1CNO. The van der Waals surface area contributed by atoms with E-state index >= 15 is 0 Å². The largest absolute Gasteiger partial charge is 0.504 e. The van der Waals surface area contributed by atoms with Crippen molar-refractivity contribution in [3.8, 4) is 11.5 Å². The van der Waals surface area contributed by atoms with Gasteiger partial charge in [0.2, 0.25) is 0 Å². The molecule has 0 fully saturated rings.